The predicted octanol–water partition coefficient (Wildman–Crippen LogP) is 3.05. The molecule has 1 aromatic carbocycles. The smallest absolute Gasteiger partial charge is 0.310 e. The molecule has 0 aliphatic heterocycles. The van der Waals surface area contributed by atoms with Gasteiger partial charge in [0.15, 0.2) is 0 Å². The van der Waals surface area contributed by atoms with Crippen LogP contribution in [0.1, 0.15) is 31.7 Å². The van der Waals surface area contributed by atoms with Crippen LogP contribution in [0.5, 0.6) is 0 Å². The molecule has 0 bridgehead atoms. The molecule has 0 fully saturated rings. The van der Waals surface area contributed by atoms with Gasteiger partial charge in [0.05, 0.1) is 11.3 Å². The summed E-state index contributed by atoms with van der Waals surface area (Å²) in [7, 11) is 0. The number of carbonyl (C=O) groups is 2. The van der Waals surface area contributed by atoms with Gasteiger partial charge >= 0.3 is 11.9 Å². The van der Waals surface area contributed by atoms with Gasteiger partial charge in [-0.25, -0.2) is 0 Å². The Kier molecular flexibility index (Phi) is 3.93. The highest BCUT2D eigenvalue weighted by molar-refractivity contribution is 5.84. The summed E-state index contributed by atoms with van der Waals surface area (Å²) in [5.41, 5.74) is 0.985. The molecule has 0 saturated carbocycles. The van der Waals surface area contributed by atoms with E-state index in [4.69, 9.17) is 5.11 Å². The van der Waals surface area contributed by atoms with Gasteiger partial charge in [0.25, 0.3) is 0 Å². The zero-order chi connectivity index (χ0) is 14.8. The molecule has 0 aromatic heterocycles. The quantitative estimate of drug-likeness (QED) is 0.885. The third-order valence-corrected chi connectivity index (χ3v) is 4.32. The van der Waals surface area contributed by atoms with E-state index < -0.39 is 23.3 Å². The summed E-state index contributed by atoms with van der Waals surface area (Å²) in [6.45, 7) is 1.48. The van der Waals surface area contributed by atoms with E-state index >= 15 is 0 Å². The van der Waals surface area contributed by atoms with Crippen molar-refractivity contribution in [2.75, 3.05) is 0 Å². The first-order valence-electron chi connectivity index (χ1n) is 6.68. The molecule has 4 nitrogen and oxygen atoms in total. The molecule has 0 radical (unpaired) electrons. The maximum Gasteiger partial charge on any atom is 0.310 e. The molecule has 2 N–H and O–H groups in total. The van der Waals surface area contributed by atoms with E-state index in [1.165, 1.54) is 6.92 Å². The van der Waals surface area contributed by atoms with E-state index in [9.17, 15) is 14.7 Å². The third-order valence-electron chi connectivity index (χ3n) is 4.32. The predicted molar refractivity (Wildman–Crippen MR) is 75.1 cm³/mol. The molecule has 0 saturated heterocycles. The molecule has 2 atom stereocenters. The van der Waals surface area contributed by atoms with Crippen molar-refractivity contribution < 1.29 is 19.8 Å². The highest BCUT2D eigenvalue weighted by Gasteiger charge is 2.47. The standard InChI is InChI=1S/C16H18O4/c1-11(14(17)18)16(15(19)20)9-7-13(8-10-16)12-5-3-2-4-6-12/h2-7,11H,8-10H2,1H3,(H,17,18)(H,19,20). The summed E-state index contributed by atoms with van der Waals surface area (Å²) in [4.78, 5) is 22.7. The SMILES string of the molecule is CC(C(=O)O)C1(C(=O)O)CC=C(c2ccccc2)CC1. The van der Waals surface area contributed by atoms with Crippen LogP contribution in [0.3, 0.4) is 0 Å². The summed E-state index contributed by atoms with van der Waals surface area (Å²) in [6.07, 6.45) is 3.09. The van der Waals surface area contributed by atoms with Crippen LogP contribution in [0.15, 0.2) is 36.4 Å². The van der Waals surface area contributed by atoms with Crippen molar-refractivity contribution in [1.82, 2.24) is 0 Å². The zero-order valence-electron chi connectivity index (χ0n) is 11.4. The largest absolute Gasteiger partial charge is 0.481 e. The summed E-state index contributed by atoms with van der Waals surface area (Å²) in [6, 6.07) is 9.78. The van der Waals surface area contributed by atoms with E-state index in [1.807, 2.05) is 36.4 Å². The van der Waals surface area contributed by atoms with E-state index in [2.05, 4.69) is 0 Å². The van der Waals surface area contributed by atoms with Crippen LogP contribution in [-0.2, 0) is 9.59 Å². The van der Waals surface area contributed by atoms with Gasteiger partial charge in [0.2, 0.25) is 0 Å². The van der Waals surface area contributed by atoms with Gasteiger partial charge in [-0.15, -0.1) is 0 Å². The van der Waals surface area contributed by atoms with Crippen molar-refractivity contribution in [2.45, 2.75) is 26.2 Å². The van der Waals surface area contributed by atoms with Gasteiger partial charge in [-0.05, 0) is 30.4 Å². The van der Waals surface area contributed by atoms with Crippen LogP contribution in [0.25, 0.3) is 5.57 Å². The van der Waals surface area contributed by atoms with Gasteiger partial charge in [0.1, 0.15) is 0 Å². The maximum atomic E-state index is 11.6. The molecule has 0 heterocycles. The van der Waals surface area contributed by atoms with Crippen molar-refractivity contribution >= 4 is 17.5 Å². The van der Waals surface area contributed by atoms with Gasteiger partial charge < -0.3 is 10.2 Å². The molecular weight excluding hydrogens is 256 g/mol. The number of benzene rings is 1. The summed E-state index contributed by atoms with van der Waals surface area (Å²) < 4.78 is 0. The lowest BCUT2D eigenvalue weighted by molar-refractivity contribution is -0.162. The molecule has 1 aliphatic rings. The Morgan fingerprint density at radius 2 is 1.85 bits per heavy atom. The molecule has 1 aliphatic carbocycles. The number of carboxylic acids is 2. The maximum absolute atomic E-state index is 11.6. The second-order valence-corrected chi connectivity index (χ2v) is 5.32. The fraction of sp³-hybridized carbons (Fsp3) is 0.375. The molecule has 4 heteroatoms. The second kappa shape index (κ2) is 5.49. The Morgan fingerprint density at radius 1 is 1.20 bits per heavy atom. The first kappa shape index (κ1) is 14.3. The highest BCUT2D eigenvalue weighted by atomic mass is 16.4. The molecular formula is C16H18O4. The number of rotatable bonds is 4. The Hall–Kier alpha value is -2.10. The molecule has 2 unspecified atom stereocenters. The topological polar surface area (TPSA) is 74.6 Å². The Morgan fingerprint density at radius 3 is 2.30 bits per heavy atom. The number of carboxylic acid groups (broad SMARTS) is 2. The fourth-order valence-electron chi connectivity index (χ4n) is 2.79. The minimum Gasteiger partial charge on any atom is -0.481 e. The van der Waals surface area contributed by atoms with E-state index in [0.717, 1.165) is 11.1 Å². The number of hydrogen-bond acceptors (Lipinski definition) is 2. The van der Waals surface area contributed by atoms with Gasteiger partial charge in [-0.1, -0.05) is 43.3 Å². The normalized spacial score (nSPS) is 23.8. The molecule has 1 aromatic rings. The van der Waals surface area contributed by atoms with Crippen molar-refractivity contribution in [2.24, 2.45) is 11.3 Å². The molecule has 0 amide bonds. The van der Waals surface area contributed by atoms with Crippen LogP contribution >= 0.6 is 0 Å². The van der Waals surface area contributed by atoms with E-state index in [1.54, 1.807) is 0 Å². The molecule has 0 spiro atoms. The minimum atomic E-state index is -1.19. The minimum absolute atomic E-state index is 0.264. The van der Waals surface area contributed by atoms with Crippen molar-refractivity contribution in [3.05, 3.63) is 42.0 Å². The summed E-state index contributed by atoms with van der Waals surface area (Å²) in [5.74, 6) is -2.96. The van der Waals surface area contributed by atoms with Gasteiger partial charge in [-0.2, -0.15) is 0 Å². The van der Waals surface area contributed by atoms with E-state index in [-0.39, 0.29) is 6.42 Å². The first-order valence-corrected chi connectivity index (χ1v) is 6.68. The Balaban J connectivity index is 2.28. The number of allylic oxidation sites excluding steroid dienone is 2. The van der Waals surface area contributed by atoms with E-state index in [0.29, 0.717) is 12.8 Å². The Labute approximate surface area is 117 Å². The highest BCUT2D eigenvalue weighted by Crippen LogP contribution is 2.44. The van der Waals surface area contributed by atoms with Crippen LogP contribution in [0, 0.1) is 11.3 Å². The lowest BCUT2D eigenvalue weighted by atomic mass is 9.66. The third kappa shape index (κ3) is 2.46. The van der Waals surface area contributed by atoms with Gasteiger partial charge in [0, 0.05) is 0 Å². The fourth-order valence-corrected chi connectivity index (χ4v) is 2.79. The van der Waals surface area contributed by atoms with Crippen molar-refractivity contribution in [3.63, 3.8) is 0 Å². The molecule has 20 heavy (non-hydrogen) atoms. The second-order valence-electron chi connectivity index (χ2n) is 5.32. The average molecular weight is 274 g/mol. The average Bonchev–Trinajstić information content (AvgIpc) is 2.47. The van der Waals surface area contributed by atoms with Crippen molar-refractivity contribution in [1.29, 1.82) is 0 Å². The van der Waals surface area contributed by atoms with Crippen molar-refractivity contribution in [3.8, 4) is 0 Å². The molecule has 106 valence electrons. The van der Waals surface area contributed by atoms with Crippen LogP contribution in [0.4, 0.5) is 0 Å². The summed E-state index contributed by atoms with van der Waals surface area (Å²) in [5, 5.41) is 18.6. The lowest BCUT2D eigenvalue weighted by Crippen LogP contribution is -2.42. The van der Waals surface area contributed by atoms with Gasteiger partial charge in [-0.3, -0.25) is 9.59 Å². The molecule has 2 rings (SSSR count). The van der Waals surface area contributed by atoms with Crippen LogP contribution in [0.2, 0.25) is 0 Å². The Bertz CT molecular complexity index is 547. The lowest BCUT2D eigenvalue weighted by Gasteiger charge is -2.35. The van der Waals surface area contributed by atoms with Crippen LogP contribution < -0.4 is 0 Å². The monoisotopic (exact) mass is 274 g/mol. The number of aliphatic carboxylic acids is 2. The zero-order valence-corrected chi connectivity index (χ0v) is 11.4. The first-order chi connectivity index (χ1) is 9.47. The van der Waals surface area contributed by atoms with Crippen LogP contribution in [-0.4, -0.2) is 22.2 Å². The number of hydrogen-bond donors (Lipinski definition) is 2. The summed E-state index contributed by atoms with van der Waals surface area (Å²) >= 11 is 0.